The zero-order valence-electron chi connectivity index (χ0n) is 15.5. The number of rotatable bonds is 5. The Morgan fingerprint density at radius 2 is 2.10 bits per heavy atom. The smallest absolute Gasteiger partial charge is 0.265 e. The number of oxime groups is 1. The lowest BCUT2D eigenvalue weighted by Gasteiger charge is -2.20. The number of aromatic nitrogens is 2. The first kappa shape index (κ1) is 19.1. The van der Waals surface area contributed by atoms with E-state index in [4.69, 9.17) is 16.4 Å². The Morgan fingerprint density at radius 1 is 1.31 bits per heavy atom. The highest BCUT2D eigenvalue weighted by Crippen LogP contribution is 2.24. The molecule has 3 aromatic rings. The van der Waals surface area contributed by atoms with Gasteiger partial charge in [-0.2, -0.15) is 0 Å². The Balaban J connectivity index is 1.52. The van der Waals surface area contributed by atoms with Crippen molar-refractivity contribution >= 4 is 23.2 Å². The second-order valence-corrected chi connectivity index (χ2v) is 7.17. The van der Waals surface area contributed by atoms with Crippen LogP contribution in [0.2, 0.25) is 5.02 Å². The van der Waals surface area contributed by atoms with E-state index >= 15 is 0 Å². The molecule has 0 fully saturated rings. The third kappa shape index (κ3) is 4.14. The van der Waals surface area contributed by atoms with Gasteiger partial charge in [-0.3, -0.25) is 4.79 Å². The van der Waals surface area contributed by atoms with Gasteiger partial charge >= 0.3 is 0 Å². The molecule has 2 heterocycles. The maximum absolute atomic E-state index is 13.5. The molecule has 8 heteroatoms. The molecule has 1 aliphatic rings. The Labute approximate surface area is 172 Å². The number of amides is 1. The lowest BCUT2D eigenvalue weighted by atomic mass is 10.0. The molecular formula is C21H18ClFN4O2. The third-order valence-electron chi connectivity index (χ3n) is 4.73. The van der Waals surface area contributed by atoms with E-state index in [0.717, 1.165) is 5.56 Å². The van der Waals surface area contributed by atoms with Crippen LogP contribution in [0.3, 0.4) is 0 Å². The summed E-state index contributed by atoms with van der Waals surface area (Å²) >= 11 is 6.00. The molecular weight excluding hydrogens is 395 g/mol. The monoisotopic (exact) mass is 412 g/mol. The molecule has 1 aliphatic heterocycles. The standard InChI is InChI=1S/C21H18ClFN4O2/c1-27-10-9-24-20(27)19(13-5-7-15(22)8-6-13)25-21(28)18-12-17(26-29-18)14-3-2-4-16(23)11-14/h2-11,18-19H,12H2,1H3,(H,25,28)/t18-,19-/m1/s1. The van der Waals surface area contributed by atoms with Gasteiger partial charge in [0.05, 0.1) is 5.71 Å². The van der Waals surface area contributed by atoms with Gasteiger partial charge in [0.15, 0.2) is 0 Å². The fraction of sp³-hybridized carbons (Fsp3) is 0.190. The fourth-order valence-electron chi connectivity index (χ4n) is 3.20. The van der Waals surface area contributed by atoms with Gasteiger partial charge < -0.3 is 14.7 Å². The fourth-order valence-corrected chi connectivity index (χ4v) is 3.33. The summed E-state index contributed by atoms with van der Waals surface area (Å²) in [5, 5.41) is 7.56. The van der Waals surface area contributed by atoms with Crippen LogP contribution in [0.25, 0.3) is 0 Å². The van der Waals surface area contributed by atoms with Crippen LogP contribution in [0, 0.1) is 5.82 Å². The maximum Gasteiger partial charge on any atom is 0.265 e. The van der Waals surface area contributed by atoms with E-state index in [1.165, 1.54) is 12.1 Å². The quantitative estimate of drug-likeness (QED) is 0.696. The summed E-state index contributed by atoms with van der Waals surface area (Å²) in [6.45, 7) is 0. The number of nitrogens with one attached hydrogen (secondary N) is 1. The molecule has 2 aromatic carbocycles. The van der Waals surface area contributed by atoms with Crippen molar-refractivity contribution in [2.24, 2.45) is 12.2 Å². The first-order valence-corrected chi connectivity index (χ1v) is 9.41. The molecule has 0 bridgehead atoms. The molecule has 1 N–H and O–H groups in total. The normalized spacial score (nSPS) is 16.8. The first-order valence-electron chi connectivity index (χ1n) is 9.03. The summed E-state index contributed by atoms with van der Waals surface area (Å²) in [5.74, 6) is -0.0243. The summed E-state index contributed by atoms with van der Waals surface area (Å²) in [5.41, 5.74) is 1.96. The van der Waals surface area contributed by atoms with Gasteiger partial charge in [-0.25, -0.2) is 9.37 Å². The average Bonchev–Trinajstić information content (AvgIpc) is 3.36. The minimum atomic E-state index is -0.802. The van der Waals surface area contributed by atoms with Crippen LogP contribution in [0.5, 0.6) is 0 Å². The van der Waals surface area contributed by atoms with Gasteiger partial charge in [0, 0.05) is 36.4 Å². The van der Waals surface area contributed by atoms with Crippen LogP contribution in [-0.4, -0.2) is 27.3 Å². The third-order valence-corrected chi connectivity index (χ3v) is 4.98. The van der Waals surface area contributed by atoms with E-state index in [1.807, 2.05) is 29.9 Å². The largest absolute Gasteiger partial charge is 0.382 e. The number of hydrogen-bond donors (Lipinski definition) is 1. The van der Waals surface area contributed by atoms with E-state index in [9.17, 15) is 9.18 Å². The lowest BCUT2D eigenvalue weighted by Crippen LogP contribution is -2.38. The van der Waals surface area contributed by atoms with Gasteiger partial charge in [-0.1, -0.05) is 41.0 Å². The van der Waals surface area contributed by atoms with Gasteiger partial charge in [-0.05, 0) is 29.8 Å². The number of imidazole rings is 1. The van der Waals surface area contributed by atoms with E-state index in [-0.39, 0.29) is 18.1 Å². The highest BCUT2D eigenvalue weighted by atomic mass is 35.5. The molecule has 0 aliphatic carbocycles. The molecule has 0 radical (unpaired) electrons. The molecule has 1 aromatic heterocycles. The minimum Gasteiger partial charge on any atom is -0.382 e. The molecule has 0 unspecified atom stereocenters. The number of carbonyl (C=O) groups excluding carboxylic acids is 1. The van der Waals surface area contributed by atoms with Crippen LogP contribution >= 0.6 is 11.6 Å². The summed E-state index contributed by atoms with van der Waals surface area (Å²) in [7, 11) is 1.86. The second kappa shape index (κ2) is 8.05. The van der Waals surface area contributed by atoms with Crippen molar-refractivity contribution in [1.29, 1.82) is 0 Å². The summed E-state index contributed by atoms with van der Waals surface area (Å²) in [6.07, 6.45) is 2.93. The molecule has 1 amide bonds. The van der Waals surface area contributed by atoms with E-state index in [2.05, 4.69) is 15.5 Å². The number of carbonyl (C=O) groups is 1. The van der Waals surface area contributed by atoms with Crippen LogP contribution < -0.4 is 5.32 Å². The van der Waals surface area contributed by atoms with Crippen LogP contribution in [0.15, 0.2) is 66.1 Å². The number of benzene rings is 2. The van der Waals surface area contributed by atoms with Crippen molar-refractivity contribution in [3.05, 3.63) is 88.7 Å². The topological polar surface area (TPSA) is 68.5 Å². The van der Waals surface area contributed by atoms with Gasteiger partial charge in [0.1, 0.15) is 17.7 Å². The molecule has 0 saturated carbocycles. The Morgan fingerprint density at radius 3 is 2.79 bits per heavy atom. The summed E-state index contributed by atoms with van der Waals surface area (Å²) in [6, 6.07) is 12.8. The van der Waals surface area contributed by atoms with Crippen molar-refractivity contribution in [1.82, 2.24) is 14.9 Å². The number of hydrogen-bond acceptors (Lipinski definition) is 4. The summed E-state index contributed by atoms with van der Waals surface area (Å²) in [4.78, 5) is 22.6. The van der Waals surface area contributed by atoms with Crippen LogP contribution in [0.4, 0.5) is 4.39 Å². The molecule has 148 valence electrons. The second-order valence-electron chi connectivity index (χ2n) is 6.74. The average molecular weight is 413 g/mol. The number of aryl methyl sites for hydroxylation is 1. The molecule has 4 rings (SSSR count). The SMILES string of the molecule is Cn1ccnc1[C@H](NC(=O)[C@H]1CC(c2cccc(F)c2)=NO1)c1ccc(Cl)cc1. The van der Waals surface area contributed by atoms with Crippen molar-refractivity contribution in [2.45, 2.75) is 18.6 Å². The van der Waals surface area contributed by atoms with Gasteiger partial charge in [0.2, 0.25) is 6.10 Å². The zero-order chi connectivity index (χ0) is 20.4. The molecule has 0 spiro atoms. The Kier molecular flexibility index (Phi) is 5.31. The van der Waals surface area contributed by atoms with Crippen molar-refractivity contribution in [3.63, 3.8) is 0 Å². The van der Waals surface area contributed by atoms with E-state index < -0.39 is 12.1 Å². The van der Waals surface area contributed by atoms with Crippen molar-refractivity contribution in [2.75, 3.05) is 0 Å². The number of nitrogens with zero attached hydrogens (tertiary/aromatic N) is 3. The minimum absolute atomic E-state index is 0.253. The molecule has 29 heavy (non-hydrogen) atoms. The predicted molar refractivity (Wildman–Crippen MR) is 107 cm³/mol. The Bertz CT molecular complexity index is 1060. The zero-order valence-corrected chi connectivity index (χ0v) is 16.3. The van der Waals surface area contributed by atoms with Crippen molar-refractivity contribution in [3.8, 4) is 0 Å². The van der Waals surface area contributed by atoms with Gasteiger partial charge in [-0.15, -0.1) is 0 Å². The highest BCUT2D eigenvalue weighted by molar-refractivity contribution is 6.30. The molecule has 2 atom stereocenters. The highest BCUT2D eigenvalue weighted by Gasteiger charge is 2.32. The van der Waals surface area contributed by atoms with Gasteiger partial charge in [0.25, 0.3) is 5.91 Å². The summed E-state index contributed by atoms with van der Waals surface area (Å²) < 4.78 is 15.3. The van der Waals surface area contributed by atoms with E-state index in [0.29, 0.717) is 22.1 Å². The number of halogens is 2. The van der Waals surface area contributed by atoms with E-state index in [1.54, 1.807) is 30.5 Å². The van der Waals surface area contributed by atoms with Crippen LogP contribution in [-0.2, 0) is 16.7 Å². The van der Waals surface area contributed by atoms with Crippen molar-refractivity contribution < 1.29 is 14.0 Å². The molecule has 0 saturated heterocycles. The lowest BCUT2D eigenvalue weighted by molar-refractivity contribution is -0.131. The maximum atomic E-state index is 13.5. The molecule has 6 nitrogen and oxygen atoms in total. The first-order chi connectivity index (χ1) is 14.0. The Hall–Kier alpha value is -3.19. The van der Waals surface area contributed by atoms with Crippen LogP contribution in [0.1, 0.15) is 29.4 Å². The predicted octanol–water partition coefficient (Wildman–Crippen LogP) is 3.61.